The van der Waals surface area contributed by atoms with Crippen molar-refractivity contribution in [1.82, 2.24) is 4.57 Å². The lowest BCUT2D eigenvalue weighted by atomic mass is 10.0. The van der Waals surface area contributed by atoms with Crippen LogP contribution in [-0.4, -0.2) is 30.8 Å². The summed E-state index contributed by atoms with van der Waals surface area (Å²) in [5.41, 5.74) is 3.93. The molecule has 31 heavy (non-hydrogen) atoms. The Kier molecular flexibility index (Phi) is 5.96. The topological polar surface area (TPSA) is 68.5 Å². The maximum Gasteiger partial charge on any atom is 0.297 e. The Hall–Kier alpha value is -2.93. The van der Waals surface area contributed by atoms with E-state index in [1.807, 2.05) is 73.1 Å². The first kappa shape index (κ1) is 21.3. The van der Waals surface area contributed by atoms with Crippen LogP contribution in [0.2, 0.25) is 0 Å². The molecule has 1 N–H and O–H groups in total. The zero-order valence-corrected chi connectivity index (χ0v) is 18.3. The van der Waals surface area contributed by atoms with Gasteiger partial charge in [-0.1, -0.05) is 59.7 Å². The standard InChI is InChI=1S/C25H25NO4S/c1-18-8-11-22(12-9-18)31(28,29)30-17-24(27)25(20-6-4-3-5-7-20)26-15-14-21-16-19(2)10-13-23(21)26/h3-16,24-25,27H,17H2,1-2H3. The van der Waals surface area contributed by atoms with Crippen LogP contribution in [0.15, 0.2) is 90.0 Å². The molecule has 1 heterocycles. The summed E-state index contributed by atoms with van der Waals surface area (Å²) in [6, 6.07) is 23.6. The molecule has 0 saturated heterocycles. The number of aliphatic hydroxyl groups is 1. The van der Waals surface area contributed by atoms with E-state index in [2.05, 4.69) is 6.07 Å². The molecule has 0 fully saturated rings. The van der Waals surface area contributed by atoms with Gasteiger partial charge in [0.05, 0.1) is 17.5 Å². The summed E-state index contributed by atoms with van der Waals surface area (Å²) in [6.45, 7) is 3.56. The van der Waals surface area contributed by atoms with Crippen LogP contribution in [0.1, 0.15) is 22.7 Å². The van der Waals surface area contributed by atoms with Crippen LogP contribution in [-0.2, 0) is 14.3 Å². The molecule has 0 spiro atoms. The van der Waals surface area contributed by atoms with Gasteiger partial charge in [-0.05, 0) is 55.1 Å². The van der Waals surface area contributed by atoms with Crippen molar-refractivity contribution < 1.29 is 17.7 Å². The largest absolute Gasteiger partial charge is 0.388 e. The van der Waals surface area contributed by atoms with E-state index in [0.717, 1.165) is 27.6 Å². The number of nitrogens with zero attached hydrogens (tertiary/aromatic N) is 1. The second kappa shape index (κ2) is 8.67. The number of fused-ring (bicyclic) bond motifs is 1. The van der Waals surface area contributed by atoms with Crippen molar-refractivity contribution in [2.24, 2.45) is 0 Å². The molecule has 4 aromatic rings. The molecule has 0 aliphatic carbocycles. The van der Waals surface area contributed by atoms with Crippen molar-refractivity contribution >= 4 is 21.0 Å². The molecule has 2 unspecified atom stereocenters. The lowest BCUT2D eigenvalue weighted by Crippen LogP contribution is -2.30. The molecule has 0 saturated carbocycles. The molecule has 0 aliphatic rings. The van der Waals surface area contributed by atoms with Gasteiger partial charge >= 0.3 is 0 Å². The highest BCUT2D eigenvalue weighted by Crippen LogP contribution is 2.29. The Morgan fingerprint density at radius 2 is 1.58 bits per heavy atom. The summed E-state index contributed by atoms with van der Waals surface area (Å²) in [7, 11) is -3.97. The van der Waals surface area contributed by atoms with Crippen LogP contribution < -0.4 is 0 Å². The van der Waals surface area contributed by atoms with E-state index in [1.165, 1.54) is 12.1 Å². The summed E-state index contributed by atoms with van der Waals surface area (Å²) in [5.74, 6) is 0. The smallest absolute Gasteiger partial charge is 0.297 e. The molecule has 3 aromatic carbocycles. The molecule has 0 radical (unpaired) electrons. The SMILES string of the molecule is Cc1ccc(S(=O)(=O)OCC(O)C(c2ccccc2)n2ccc3cc(C)ccc32)cc1. The normalized spacial score (nSPS) is 13.9. The lowest BCUT2D eigenvalue weighted by Gasteiger charge is -2.26. The Morgan fingerprint density at radius 1 is 0.903 bits per heavy atom. The Labute approximate surface area is 182 Å². The van der Waals surface area contributed by atoms with Crippen molar-refractivity contribution in [2.75, 3.05) is 6.61 Å². The van der Waals surface area contributed by atoms with Gasteiger partial charge in [-0.2, -0.15) is 8.42 Å². The number of aromatic nitrogens is 1. The quantitative estimate of drug-likeness (QED) is 0.430. The van der Waals surface area contributed by atoms with Gasteiger partial charge in [-0.25, -0.2) is 0 Å². The van der Waals surface area contributed by atoms with Crippen LogP contribution in [0.5, 0.6) is 0 Å². The number of rotatable bonds is 7. The minimum atomic E-state index is -3.97. The van der Waals surface area contributed by atoms with E-state index in [9.17, 15) is 13.5 Å². The van der Waals surface area contributed by atoms with Crippen LogP contribution >= 0.6 is 0 Å². The van der Waals surface area contributed by atoms with Crippen molar-refractivity contribution in [2.45, 2.75) is 30.9 Å². The highest BCUT2D eigenvalue weighted by Gasteiger charge is 2.27. The van der Waals surface area contributed by atoms with Crippen molar-refractivity contribution in [3.8, 4) is 0 Å². The van der Waals surface area contributed by atoms with Gasteiger partial charge in [0.25, 0.3) is 10.1 Å². The number of benzene rings is 3. The van der Waals surface area contributed by atoms with Gasteiger partial charge in [0, 0.05) is 11.7 Å². The zero-order valence-electron chi connectivity index (χ0n) is 17.5. The van der Waals surface area contributed by atoms with E-state index < -0.39 is 22.3 Å². The van der Waals surface area contributed by atoms with E-state index in [0.29, 0.717) is 0 Å². The average Bonchev–Trinajstić information content (AvgIpc) is 3.16. The van der Waals surface area contributed by atoms with Gasteiger partial charge < -0.3 is 9.67 Å². The molecule has 0 bridgehead atoms. The van der Waals surface area contributed by atoms with E-state index in [-0.39, 0.29) is 11.5 Å². The molecule has 2 atom stereocenters. The zero-order chi connectivity index (χ0) is 22.0. The highest BCUT2D eigenvalue weighted by atomic mass is 32.2. The Balaban J connectivity index is 1.65. The molecule has 4 rings (SSSR count). The van der Waals surface area contributed by atoms with Crippen LogP contribution in [0.25, 0.3) is 10.9 Å². The monoisotopic (exact) mass is 435 g/mol. The molecular formula is C25H25NO4S. The molecule has 6 heteroatoms. The van der Waals surface area contributed by atoms with E-state index in [1.54, 1.807) is 12.1 Å². The summed E-state index contributed by atoms with van der Waals surface area (Å²) >= 11 is 0. The van der Waals surface area contributed by atoms with Crippen LogP contribution in [0.3, 0.4) is 0 Å². The fourth-order valence-electron chi connectivity index (χ4n) is 3.77. The Morgan fingerprint density at radius 3 is 2.29 bits per heavy atom. The summed E-state index contributed by atoms with van der Waals surface area (Å²) in [4.78, 5) is 0.0726. The van der Waals surface area contributed by atoms with E-state index >= 15 is 0 Å². The summed E-state index contributed by atoms with van der Waals surface area (Å²) in [5, 5.41) is 12.1. The first-order chi connectivity index (χ1) is 14.8. The predicted molar refractivity (Wildman–Crippen MR) is 122 cm³/mol. The third-order valence-electron chi connectivity index (χ3n) is 5.38. The first-order valence-corrected chi connectivity index (χ1v) is 11.5. The number of hydrogen-bond acceptors (Lipinski definition) is 4. The Bertz CT molecular complexity index is 1280. The van der Waals surface area contributed by atoms with Crippen molar-refractivity contribution in [3.05, 3.63) is 102 Å². The van der Waals surface area contributed by atoms with Crippen molar-refractivity contribution in [3.63, 3.8) is 0 Å². The number of hydrogen-bond donors (Lipinski definition) is 1. The predicted octanol–water partition coefficient (Wildman–Crippen LogP) is 4.61. The highest BCUT2D eigenvalue weighted by molar-refractivity contribution is 7.86. The number of aryl methyl sites for hydroxylation is 2. The fraction of sp³-hybridized carbons (Fsp3) is 0.200. The van der Waals surface area contributed by atoms with Gasteiger partial charge in [0.15, 0.2) is 0 Å². The molecule has 0 amide bonds. The fourth-order valence-corrected chi connectivity index (χ4v) is 4.69. The maximum atomic E-state index is 12.6. The van der Waals surface area contributed by atoms with Crippen molar-refractivity contribution in [1.29, 1.82) is 0 Å². The summed E-state index contributed by atoms with van der Waals surface area (Å²) < 4.78 is 32.4. The van der Waals surface area contributed by atoms with E-state index in [4.69, 9.17) is 4.18 Å². The molecule has 160 valence electrons. The summed E-state index contributed by atoms with van der Waals surface area (Å²) in [6.07, 6.45) is 0.832. The molecular weight excluding hydrogens is 410 g/mol. The van der Waals surface area contributed by atoms with Gasteiger partial charge in [0.1, 0.15) is 6.10 Å². The van der Waals surface area contributed by atoms with Gasteiger partial charge in [-0.3, -0.25) is 4.18 Å². The molecule has 5 nitrogen and oxygen atoms in total. The minimum Gasteiger partial charge on any atom is -0.388 e. The third kappa shape index (κ3) is 4.56. The van der Waals surface area contributed by atoms with Gasteiger partial charge in [-0.15, -0.1) is 0 Å². The van der Waals surface area contributed by atoms with Crippen LogP contribution in [0, 0.1) is 13.8 Å². The second-order valence-corrected chi connectivity index (χ2v) is 9.38. The average molecular weight is 436 g/mol. The number of aliphatic hydroxyl groups excluding tert-OH is 1. The van der Waals surface area contributed by atoms with Gasteiger partial charge in [0.2, 0.25) is 0 Å². The maximum absolute atomic E-state index is 12.6. The first-order valence-electron chi connectivity index (χ1n) is 10.1. The lowest BCUT2D eigenvalue weighted by molar-refractivity contribution is 0.0785. The minimum absolute atomic E-state index is 0.0726. The molecule has 0 aliphatic heterocycles. The molecule has 1 aromatic heterocycles. The second-order valence-electron chi connectivity index (χ2n) is 7.76. The van der Waals surface area contributed by atoms with Crippen LogP contribution in [0.4, 0.5) is 0 Å². The third-order valence-corrected chi connectivity index (χ3v) is 6.68.